The molecule has 0 unspecified atom stereocenters. The van der Waals surface area contributed by atoms with Crippen molar-refractivity contribution in [2.75, 3.05) is 26.2 Å². The van der Waals surface area contributed by atoms with Crippen LogP contribution >= 0.6 is 0 Å². The van der Waals surface area contributed by atoms with E-state index in [-0.39, 0.29) is 5.78 Å². The molecule has 0 atom stereocenters. The number of piperidine rings is 1. The molecule has 0 saturated carbocycles. The second-order valence-corrected chi connectivity index (χ2v) is 5.80. The van der Waals surface area contributed by atoms with Crippen molar-refractivity contribution in [1.82, 2.24) is 4.90 Å². The lowest BCUT2D eigenvalue weighted by atomic mass is 9.98. The van der Waals surface area contributed by atoms with Gasteiger partial charge in [0, 0.05) is 5.56 Å². The highest BCUT2D eigenvalue weighted by Crippen LogP contribution is 2.20. The van der Waals surface area contributed by atoms with Crippen LogP contribution in [0.25, 0.3) is 0 Å². The summed E-state index contributed by atoms with van der Waals surface area (Å²) in [6, 6.07) is 5.73. The fraction of sp³-hybridized carbons (Fsp3) is 0.588. The van der Waals surface area contributed by atoms with E-state index < -0.39 is 0 Å². The Morgan fingerprint density at radius 2 is 2.05 bits per heavy atom. The van der Waals surface area contributed by atoms with Gasteiger partial charge in [-0.2, -0.15) is 0 Å². The van der Waals surface area contributed by atoms with Gasteiger partial charge in [0.05, 0.1) is 13.2 Å². The Balaban J connectivity index is 1.97. The topological polar surface area (TPSA) is 29.5 Å². The highest BCUT2D eigenvalue weighted by Gasteiger charge is 2.19. The van der Waals surface area contributed by atoms with Crippen molar-refractivity contribution in [3.05, 3.63) is 29.3 Å². The predicted octanol–water partition coefficient (Wildman–Crippen LogP) is 3.31. The Morgan fingerprint density at radius 3 is 2.65 bits per heavy atom. The molecule has 1 aliphatic heterocycles. The first kappa shape index (κ1) is 15.0. The number of ketones is 1. The SMILES string of the molecule is CCOc1ccc(C(=O)CN2CCC(C)CC2)cc1C. The predicted molar refractivity (Wildman–Crippen MR) is 81.5 cm³/mol. The lowest BCUT2D eigenvalue weighted by molar-refractivity contribution is 0.0899. The average molecular weight is 275 g/mol. The molecule has 3 nitrogen and oxygen atoms in total. The van der Waals surface area contributed by atoms with E-state index in [0.717, 1.165) is 35.9 Å². The van der Waals surface area contributed by atoms with Crippen LogP contribution in [0.4, 0.5) is 0 Å². The van der Waals surface area contributed by atoms with E-state index in [1.54, 1.807) is 0 Å². The maximum atomic E-state index is 12.3. The second-order valence-electron chi connectivity index (χ2n) is 5.80. The van der Waals surface area contributed by atoms with Gasteiger partial charge < -0.3 is 4.74 Å². The molecule has 0 aliphatic carbocycles. The molecular formula is C17H25NO2. The standard InChI is InChI=1S/C17H25NO2/c1-4-20-17-6-5-15(11-14(17)3)16(19)12-18-9-7-13(2)8-10-18/h5-6,11,13H,4,7-10,12H2,1-3H3. The summed E-state index contributed by atoms with van der Waals surface area (Å²) in [6.45, 7) is 9.53. The molecule has 1 saturated heterocycles. The number of Topliss-reactive ketones (excluding diaryl/α,β-unsaturated/α-hetero) is 1. The molecule has 110 valence electrons. The Labute approximate surface area is 121 Å². The summed E-state index contributed by atoms with van der Waals surface area (Å²) in [5, 5.41) is 0. The number of aryl methyl sites for hydroxylation is 1. The van der Waals surface area contributed by atoms with Crippen molar-refractivity contribution in [2.45, 2.75) is 33.6 Å². The largest absolute Gasteiger partial charge is 0.494 e. The van der Waals surface area contributed by atoms with Crippen LogP contribution in [0.2, 0.25) is 0 Å². The Hall–Kier alpha value is -1.35. The minimum absolute atomic E-state index is 0.214. The molecule has 0 amide bonds. The molecule has 1 aromatic rings. The number of hydrogen-bond acceptors (Lipinski definition) is 3. The Bertz CT molecular complexity index is 462. The minimum atomic E-state index is 0.214. The number of hydrogen-bond donors (Lipinski definition) is 0. The number of likely N-dealkylation sites (tertiary alicyclic amines) is 1. The van der Waals surface area contributed by atoms with E-state index in [2.05, 4.69) is 11.8 Å². The number of carbonyl (C=O) groups is 1. The van der Waals surface area contributed by atoms with Crippen molar-refractivity contribution in [3.8, 4) is 5.75 Å². The maximum Gasteiger partial charge on any atom is 0.176 e. The van der Waals surface area contributed by atoms with Gasteiger partial charge in [0.1, 0.15) is 5.75 Å². The second kappa shape index (κ2) is 6.89. The Kier molecular flexibility index (Phi) is 5.18. The van der Waals surface area contributed by atoms with Crippen molar-refractivity contribution in [2.24, 2.45) is 5.92 Å². The van der Waals surface area contributed by atoms with Crippen LogP contribution in [-0.4, -0.2) is 36.9 Å². The van der Waals surface area contributed by atoms with Gasteiger partial charge in [-0.3, -0.25) is 9.69 Å². The molecule has 0 bridgehead atoms. The van der Waals surface area contributed by atoms with Gasteiger partial charge in [-0.25, -0.2) is 0 Å². The monoisotopic (exact) mass is 275 g/mol. The first-order chi connectivity index (χ1) is 9.60. The molecule has 2 rings (SSSR count). The summed E-state index contributed by atoms with van der Waals surface area (Å²) in [5.74, 6) is 1.88. The lowest BCUT2D eigenvalue weighted by Gasteiger charge is -2.29. The van der Waals surface area contributed by atoms with E-state index in [1.807, 2.05) is 32.0 Å². The molecule has 0 radical (unpaired) electrons. The first-order valence-corrected chi connectivity index (χ1v) is 7.59. The molecular weight excluding hydrogens is 250 g/mol. The zero-order valence-corrected chi connectivity index (χ0v) is 12.8. The Morgan fingerprint density at radius 1 is 1.35 bits per heavy atom. The van der Waals surface area contributed by atoms with Crippen molar-refractivity contribution in [3.63, 3.8) is 0 Å². The van der Waals surface area contributed by atoms with Crippen LogP contribution in [0.5, 0.6) is 5.75 Å². The van der Waals surface area contributed by atoms with Gasteiger partial charge in [0.15, 0.2) is 5.78 Å². The minimum Gasteiger partial charge on any atom is -0.494 e. The summed E-state index contributed by atoms with van der Waals surface area (Å²) < 4.78 is 5.51. The summed E-state index contributed by atoms with van der Waals surface area (Å²) in [4.78, 5) is 14.6. The van der Waals surface area contributed by atoms with Crippen molar-refractivity contribution >= 4 is 5.78 Å². The molecule has 1 heterocycles. The highest BCUT2D eigenvalue weighted by molar-refractivity contribution is 5.98. The number of nitrogens with zero attached hydrogens (tertiary/aromatic N) is 1. The van der Waals surface area contributed by atoms with E-state index in [1.165, 1.54) is 12.8 Å². The number of rotatable bonds is 5. The summed E-state index contributed by atoms with van der Waals surface area (Å²) >= 11 is 0. The van der Waals surface area contributed by atoms with Gasteiger partial charge >= 0.3 is 0 Å². The number of carbonyl (C=O) groups excluding carboxylic acids is 1. The maximum absolute atomic E-state index is 12.3. The molecule has 20 heavy (non-hydrogen) atoms. The zero-order valence-electron chi connectivity index (χ0n) is 12.8. The molecule has 0 spiro atoms. The molecule has 0 aromatic heterocycles. The molecule has 1 aliphatic rings. The van der Waals surface area contributed by atoms with Gasteiger partial charge in [-0.1, -0.05) is 6.92 Å². The lowest BCUT2D eigenvalue weighted by Crippen LogP contribution is -2.36. The quantitative estimate of drug-likeness (QED) is 0.772. The third-order valence-electron chi connectivity index (χ3n) is 4.04. The molecule has 3 heteroatoms. The first-order valence-electron chi connectivity index (χ1n) is 7.59. The van der Waals surface area contributed by atoms with Crippen LogP contribution < -0.4 is 4.74 Å². The third-order valence-corrected chi connectivity index (χ3v) is 4.04. The molecule has 1 aromatic carbocycles. The van der Waals surface area contributed by atoms with Gasteiger partial charge in [0.25, 0.3) is 0 Å². The normalized spacial score (nSPS) is 17.1. The molecule has 0 N–H and O–H groups in total. The number of benzene rings is 1. The van der Waals surface area contributed by atoms with Gasteiger partial charge in [-0.15, -0.1) is 0 Å². The fourth-order valence-corrected chi connectivity index (χ4v) is 2.65. The van der Waals surface area contributed by atoms with Gasteiger partial charge in [-0.05, 0) is 69.5 Å². The van der Waals surface area contributed by atoms with Crippen LogP contribution in [-0.2, 0) is 0 Å². The summed E-state index contributed by atoms with van der Waals surface area (Å²) in [6.07, 6.45) is 2.41. The smallest absolute Gasteiger partial charge is 0.176 e. The van der Waals surface area contributed by atoms with Crippen LogP contribution in [0, 0.1) is 12.8 Å². The van der Waals surface area contributed by atoms with E-state index in [4.69, 9.17) is 4.74 Å². The van der Waals surface area contributed by atoms with Crippen LogP contribution in [0.1, 0.15) is 42.6 Å². The summed E-state index contributed by atoms with van der Waals surface area (Å²) in [5.41, 5.74) is 1.83. The van der Waals surface area contributed by atoms with Crippen LogP contribution in [0.15, 0.2) is 18.2 Å². The molecule has 1 fully saturated rings. The highest BCUT2D eigenvalue weighted by atomic mass is 16.5. The van der Waals surface area contributed by atoms with E-state index in [0.29, 0.717) is 13.2 Å². The zero-order chi connectivity index (χ0) is 14.5. The summed E-state index contributed by atoms with van der Waals surface area (Å²) in [7, 11) is 0. The van der Waals surface area contributed by atoms with Gasteiger partial charge in [0.2, 0.25) is 0 Å². The van der Waals surface area contributed by atoms with Crippen molar-refractivity contribution < 1.29 is 9.53 Å². The van der Waals surface area contributed by atoms with E-state index in [9.17, 15) is 4.79 Å². The average Bonchev–Trinajstić information content (AvgIpc) is 2.44. The number of ether oxygens (including phenoxy) is 1. The van der Waals surface area contributed by atoms with Crippen molar-refractivity contribution in [1.29, 1.82) is 0 Å². The third kappa shape index (κ3) is 3.83. The van der Waals surface area contributed by atoms with E-state index >= 15 is 0 Å². The van der Waals surface area contributed by atoms with Crippen LogP contribution in [0.3, 0.4) is 0 Å². The fourth-order valence-electron chi connectivity index (χ4n) is 2.65.